The van der Waals surface area contributed by atoms with E-state index in [9.17, 15) is 13.2 Å². The molecule has 0 bridgehead atoms. The third-order valence-corrected chi connectivity index (χ3v) is 5.93. The Labute approximate surface area is 152 Å². The SMILES string of the molecule is Cc1ccc(S(=O)(=O)NC2CCCc3c(OCC(=O)O)cccc32)cc1. The zero-order chi connectivity index (χ0) is 18.7. The van der Waals surface area contributed by atoms with Gasteiger partial charge in [0.05, 0.1) is 4.90 Å². The van der Waals surface area contributed by atoms with Gasteiger partial charge in [0.2, 0.25) is 10.0 Å². The maximum absolute atomic E-state index is 12.7. The Morgan fingerprint density at radius 2 is 1.96 bits per heavy atom. The second kappa shape index (κ2) is 7.47. The molecule has 0 aromatic heterocycles. The number of hydrogen-bond donors (Lipinski definition) is 2. The molecule has 1 atom stereocenters. The van der Waals surface area contributed by atoms with Crippen LogP contribution >= 0.6 is 0 Å². The number of fused-ring (bicyclic) bond motifs is 1. The summed E-state index contributed by atoms with van der Waals surface area (Å²) < 4.78 is 33.5. The van der Waals surface area contributed by atoms with Crippen LogP contribution in [0.4, 0.5) is 0 Å². The van der Waals surface area contributed by atoms with Gasteiger partial charge in [-0.25, -0.2) is 17.9 Å². The molecule has 0 fully saturated rings. The van der Waals surface area contributed by atoms with Crippen LogP contribution in [0.15, 0.2) is 47.4 Å². The van der Waals surface area contributed by atoms with Gasteiger partial charge in [-0.1, -0.05) is 29.8 Å². The molecule has 2 N–H and O–H groups in total. The van der Waals surface area contributed by atoms with E-state index in [2.05, 4.69) is 4.72 Å². The van der Waals surface area contributed by atoms with Crippen molar-refractivity contribution in [2.24, 2.45) is 0 Å². The first-order valence-electron chi connectivity index (χ1n) is 8.42. The largest absolute Gasteiger partial charge is 0.482 e. The quantitative estimate of drug-likeness (QED) is 0.810. The van der Waals surface area contributed by atoms with E-state index >= 15 is 0 Å². The van der Waals surface area contributed by atoms with Gasteiger partial charge in [0.15, 0.2) is 6.61 Å². The highest BCUT2D eigenvalue weighted by molar-refractivity contribution is 7.89. The Kier molecular flexibility index (Phi) is 5.29. The van der Waals surface area contributed by atoms with Crippen LogP contribution in [0, 0.1) is 6.92 Å². The first kappa shape index (κ1) is 18.4. The van der Waals surface area contributed by atoms with Crippen molar-refractivity contribution in [1.82, 2.24) is 4.72 Å². The lowest BCUT2D eigenvalue weighted by Gasteiger charge is -2.27. The molecule has 0 radical (unpaired) electrons. The molecule has 138 valence electrons. The molecule has 7 heteroatoms. The van der Waals surface area contributed by atoms with E-state index in [4.69, 9.17) is 9.84 Å². The number of rotatable bonds is 6. The molecule has 2 aromatic carbocycles. The van der Waals surface area contributed by atoms with Gasteiger partial charge in [0.1, 0.15) is 5.75 Å². The molecule has 2 aromatic rings. The first-order chi connectivity index (χ1) is 12.4. The van der Waals surface area contributed by atoms with Crippen molar-refractivity contribution in [2.75, 3.05) is 6.61 Å². The average molecular weight is 375 g/mol. The highest BCUT2D eigenvalue weighted by Crippen LogP contribution is 2.36. The van der Waals surface area contributed by atoms with Crippen LogP contribution in [0.5, 0.6) is 5.75 Å². The summed E-state index contributed by atoms with van der Waals surface area (Å²) in [7, 11) is -3.64. The van der Waals surface area contributed by atoms with Crippen molar-refractivity contribution in [3.63, 3.8) is 0 Å². The number of aryl methyl sites for hydroxylation is 1. The highest BCUT2D eigenvalue weighted by atomic mass is 32.2. The molecule has 0 saturated carbocycles. The van der Waals surface area contributed by atoms with E-state index in [1.165, 1.54) is 0 Å². The molecule has 0 aliphatic heterocycles. The summed E-state index contributed by atoms with van der Waals surface area (Å²) in [5.74, 6) is -0.542. The molecule has 0 spiro atoms. The summed E-state index contributed by atoms with van der Waals surface area (Å²) in [4.78, 5) is 11.0. The minimum Gasteiger partial charge on any atom is -0.482 e. The first-order valence-corrected chi connectivity index (χ1v) is 9.90. The fourth-order valence-electron chi connectivity index (χ4n) is 3.18. The van der Waals surface area contributed by atoms with E-state index in [1.807, 2.05) is 13.0 Å². The van der Waals surface area contributed by atoms with Crippen molar-refractivity contribution < 1.29 is 23.1 Å². The Balaban J connectivity index is 1.86. The minimum atomic E-state index is -3.64. The van der Waals surface area contributed by atoms with Gasteiger partial charge in [-0.05, 0) is 55.5 Å². The number of nitrogens with one attached hydrogen (secondary N) is 1. The summed E-state index contributed by atoms with van der Waals surface area (Å²) in [6.07, 6.45) is 2.20. The number of hydrogen-bond acceptors (Lipinski definition) is 4. The maximum atomic E-state index is 12.7. The lowest BCUT2D eigenvalue weighted by atomic mass is 9.87. The van der Waals surface area contributed by atoms with E-state index in [-0.39, 0.29) is 10.9 Å². The second-order valence-electron chi connectivity index (χ2n) is 6.39. The molecular formula is C19H21NO5S. The second-order valence-corrected chi connectivity index (χ2v) is 8.10. The summed E-state index contributed by atoms with van der Waals surface area (Å²) in [6, 6.07) is 11.7. The predicted octanol–water partition coefficient (Wildman–Crippen LogP) is 2.81. The predicted molar refractivity (Wildman–Crippen MR) is 96.8 cm³/mol. The maximum Gasteiger partial charge on any atom is 0.341 e. The number of carboxylic acids is 1. The van der Waals surface area contributed by atoms with Crippen LogP contribution in [-0.2, 0) is 21.2 Å². The lowest BCUT2D eigenvalue weighted by Crippen LogP contribution is -2.31. The fraction of sp³-hybridized carbons (Fsp3) is 0.316. The normalized spacial score (nSPS) is 16.7. The third kappa shape index (κ3) is 4.05. The number of carboxylic acid groups (broad SMARTS) is 1. The Bertz CT molecular complexity index is 906. The minimum absolute atomic E-state index is 0.230. The van der Waals surface area contributed by atoms with Gasteiger partial charge in [-0.2, -0.15) is 0 Å². The molecule has 0 heterocycles. The lowest BCUT2D eigenvalue weighted by molar-refractivity contribution is -0.139. The Hall–Kier alpha value is -2.38. The number of carbonyl (C=O) groups is 1. The number of ether oxygens (including phenoxy) is 1. The molecule has 0 amide bonds. The average Bonchev–Trinajstić information content (AvgIpc) is 2.60. The summed E-state index contributed by atoms with van der Waals surface area (Å²) in [5.41, 5.74) is 2.71. The van der Waals surface area contributed by atoms with Crippen molar-refractivity contribution in [2.45, 2.75) is 37.1 Å². The number of benzene rings is 2. The standard InChI is InChI=1S/C19H21NO5S/c1-13-8-10-14(11-9-13)26(23,24)20-17-6-2-5-16-15(17)4-3-7-18(16)25-12-19(21)22/h3-4,7-11,17,20H,2,5-6,12H2,1H3,(H,21,22). The summed E-state index contributed by atoms with van der Waals surface area (Å²) in [6.45, 7) is 1.48. The van der Waals surface area contributed by atoms with E-state index < -0.39 is 22.6 Å². The van der Waals surface area contributed by atoms with Crippen molar-refractivity contribution >= 4 is 16.0 Å². The molecule has 6 nitrogen and oxygen atoms in total. The van der Waals surface area contributed by atoms with Crippen LogP contribution in [0.25, 0.3) is 0 Å². The third-order valence-electron chi connectivity index (χ3n) is 4.44. The van der Waals surface area contributed by atoms with Crippen LogP contribution < -0.4 is 9.46 Å². The molecule has 0 saturated heterocycles. The van der Waals surface area contributed by atoms with Crippen molar-refractivity contribution in [3.8, 4) is 5.75 Å². The topological polar surface area (TPSA) is 92.7 Å². The summed E-state index contributed by atoms with van der Waals surface area (Å²) in [5, 5.41) is 8.81. The highest BCUT2D eigenvalue weighted by Gasteiger charge is 2.27. The molecule has 3 rings (SSSR count). The zero-order valence-electron chi connectivity index (χ0n) is 14.4. The van der Waals surface area contributed by atoms with E-state index in [0.717, 1.165) is 29.5 Å². The van der Waals surface area contributed by atoms with E-state index in [0.29, 0.717) is 12.2 Å². The molecule has 1 unspecified atom stereocenters. The van der Waals surface area contributed by atoms with Gasteiger partial charge in [-0.3, -0.25) is 0 Å². The van der Waals surface area contributed by atoms with Gasteiger partial charge in [0.25, 0.3) is 0 Å². The van der Waals surface area contributed by atoms with Crippen LogP contribution in [0.3, 0.4) is 0 Å². The van der Waals surface area contributed by atoms with Crippen molar-refractivity contribution in [1.29, 1.82) is 0 Å². The smallest absolute Gasteiger partial charge is 0.341 e. The molecular weight excluding hydrogens is 354 g/mol. The Morgan fingerprint density at radius 3 is 2.65 bits per heavy atom. The van der Waals surface area contributed by atoms with Crippen molar-refractivity contribution in [3.05, 3.63) is 59.2 Å². The van der Waals surface area contributed by atoms with Gasteiger partial charge < -0.3 is 9.84 Å². The molecule has 1 aliphatic carbocycles. The Morgan fingerprint density at radius 1 is 1.23 bits per heavy atom. The van der Waals surface area contributed by atoms with Gasteiger partial charge >= 0.3 is 5.97 Å². The van der Waals surface area contributed by atoms with Gasteiger partial charge in [-0.15, -0.1) is 0 Å². The van der Waals surface area contributed by atoms with Crippen LogP contribution in [-0.4, -0.2) is 26.1 Å². The molecule has 1 aliphatic rings. The number of aliphatic carboxylic acids is 1. The van der Waals surface area contributed by atoms with Crippen LogP contribution in [0.2, 0.25) is 0 Å². The number of sulfonamides is 1. The molecule has 26 heavy (non-hydrogen) atoms. The zero-order valence-corrected chi connectivity index (χ0v) is 15.3. The van der Waals surface area contributed by atoms with Crippen LogP contribution in [0.1, 0.15) is 35.6 Å². The summed E-state index contributed by atoms with van der Waals surface area (Å²) >= 11 is 0. The fourth-order valence-corrected chi connectivity index (χ4v) is 4.43. The monoisotopic (exact) mass is 375 g/mol. The van der Waals surface area contributed by atoms with Gasteiger partial charge in [0, 0.05) is 6.04 Å². The van der Waals surface area contributed by atoms with E-state index in [1.54, 1.807) is 36.4 Å².